The Morgan fingerprint density at radius 3 is 2.75 bits per heavy atom. The number of ether oxygens (including phenoxy) is 1. The lowest BCUT2D eigenvalue weighted by atomic mass is 10.0. The van der Waals surface area contributed by atoms with Gasteiger partial charge in [-0.2, -0.15) is 0 Å². The maximum atomic E-state index is 12.6. The summed E-state index contributed by atoms with van der Waals surface area (Å²) in [7, 11) is 1.62. The molecule has 2 aliphatic rings. The van der Waals surface area contributed by atoms with Crippen molar-refractivity contribution in [3.8, 4) is 5.75 Å². The van der Waals surface area contributed by atoms with Crippen LogP contribution in [-0.2, 0) is 22.6 Å². The van der Waals surface area contributed by atoms with Crippen LogP contribution in [0.4, 0.5) is 5.00 Å². The minimum Gasteiger partial charge on any atom is -0.484 e. The van der Waals surface area contributed by atoms with Crippen molar-refractivity contribution in [2.45, 2.75) is 13.0 Å². The van der Waals surface area contributed by atoms with Gasteiger partial charge in [-0.05, 0) is 36.2 Å². The zero-order valence-electron chi connectivity index (χ0n) is 15.2. The fourth-order valence-electron chi connectivity index (χ4n) is 3.34. The number of hydrogen-bond acceptors (Lipinski definition) is 5. The number of carbonyl (C=O) groups excluding carboxylic acids is 3. The van der Waals surface area contributed by atoms with Crippen molar-refractivity contribution in [1.29, 1.82) is 0 Å². The third kappa shape index (κ3) is 3.57. The number of hydrogen-bond donors (Lipinski definition) is 1. The maximum Gasteiger partial charge on any atom is 0.260 e. The number of likely N-dealkylation sites (N-methyl/N-ethyl adjacent to an activating group) is 1. The Kier molecular flexibility index (Phi) is 4.99. The van der Waals surface area contributed by atoms with E-state index in [1.807, 2.05) is 0 Å². The van der Waals surface area contributed by atoms with Crippen molar-refractivity contribution in [2.24, 2.45) is 0 Å². The largest absolute Gasteiger partial charge is 0.484 e. The summed E-state index contributed by atoms with van der Waals surface area (Å²) in [5.41, 5.74) is 1.50. The van der Waals surface area contributed by atoms with Gasteiger partial charge in [-0.3, -0.25) is 14.4 Å². The van der Waals surface area contributed by atoms with Gasteiger partial charge in [0.2, 0.25) is 5.91 Å². The molecule has 0 fully saturated rings. The average molecular weight is 420 g/mol. The van der Waals surface area contributed by atoms with Crippen LogP contribution in [0.3, 0.4) is 0 Å². The van der Waals surface area contributed by atoms with Crippen LogP contribution in [0.2, 0.25) is 5.02 Å². The second-order valence-corrected chi connectivity index (χ2v) is 8.27. The summed E-state index contributed by atoms with van der Waals surface area (Å²) < 4.78 is 5.54. The molecule has 4 rings (SSSR count). The Bertz CT molecular complexity index is 957. The van der Waals surface area contributed by atoms with Crippen LogP contribution in [0.25, 0.3) is 0 Å². The van der Waals surface area contributed by atoms with E-state index in [-0.39, 0.29) is 30.9 Å². The van der Waals surface area contributed by atoms with Gasteiger partial charge < -0.3 is 19.9 Å². The van der Waals surface area contributed by atoms with Gasteiger partial charge in [0.15, 0.2) is 6.61 Å². The number of nitrogens with one attached hydrogen (secondary N) is 1. The predicted octanol–water partition coefficient (Wildman–Crippen LogP) is 2.39. The van der Waals surface area contributed by atoms with E-state index in [2.05, 4.69) is 5.32 Å². The van der Waals surface area contributed by atoms with Crippen LogP contribution in [0.15, 0.2) is 24.3 Å². The van der Waals surface area contributed by atoms with Crippen molar-refractivity contribution in [1.82, 2.24) is 9.80 Å². The van der Waals surface area contributed by atoms with Gasteiger partial charge in [-0.15, -0.1) is 11.3 Å². The topological polar surface area (TPSA) is 79.0 Å². The van der Waals surface area contributed by atoms with Crippen LogP contribution in [0, 0.1) is 0 Å². The Morgan fingerprint density at radius 1 is 1.25 bits per heavy atom. The number of benzene rings is 1. The molecular weight excluding hydrogens is 402 g/mol. The van der Waals surface area contributed by atoms with Gasteiger partial charge in [0.05, 0.1) is 18.7 Å². The van der Waals surface area contributed by atoms with Gasteiger partial charge in [0, 0.05) is 23.5 Å². The Hall–Kier alpha value is -2.58. The molecule has 7 nitrogen and oxygen atoms in total. The molecule has 2 aromatic rings. The van der Waals surface area contributed by atoms with Gasteiger partial charge in [-0.25, -0.2) is 0 Å². The molecule has 1 aromatic heterocycles. The summed E-state index contributed by atoms with van der Waals surface area (Å²) in [6.07, 6.45) is 0.573. The SMILES string of the molecule is CN1CC(=O)Nc2sc3c(c2C1=O)CCN(C(=O)COc1ccc(Cl)cc1)C3. The molecule has 28 heavy (non-hydrogen) atoms. The number of nitrogens with zero attached hydrogens (tertiary/aromatic N) is 2. The van der Waals surface area contributed by atoms with Crippen LogP contribution in [-0.4, -0.2) is 54.3 Å². The Labute approximate surface area is 170 Å². The van der Waals surface area contributed by atoms with Crippen molar-refractivity contribution in [3.05, 3.63) is 45.3 Å². The molecule has 0 saturated heterocycles. The molecule has 1 N–H and O–H groups in total. The van der Waals surface area contributed by atoms with E-state index in [0.717, 1.165) is 10.4 Å². The van der Waals surface area contributed by atoms with E-state index in [1.54, 1.807) is 36.2 Å². The number of anilines is 1. The van der Waals surface area contributed by atoms with Crippen LogP contribution in [0.5, 0.6) is 5.75 Å². The minimum atomic E-state index is -0.211. The number of carbonyl (C=O) groups is 3. The second-order valence-electron chi connectivity index (χ2n) is 6.73. The van der Waals surface area contributed by atoms with E-state index in [9.17, 15) is 14.4 Å². The van der Waals surface area contributed by atoms with Crippen LogP contribution in [0.1, 0.15) is 20.8 Å². The molecular formula is C19H18ClN3O4S. The molecule has 146 valence electrons. The smallest absolute Gasteiger partial charge is 0.260 e. The minimum absolute atomic E-state index is 0.0433. The normalized spacial score (nSPS) is 16.2. The highest BCUT2D eigenvalue weighted by Crippen LogP contribution is 2.38. The zero-order valence-corrected chi connectivity index (χ0v) is 16.7. The number of fused-ring (bicyclic) bond motifs is 3. The van der Waals surface area contributed by atoms with Gasteiger partial charge in [-0.1, -0.05) is 11.6 Å². The molecule has 3 amide bonds. The van der Waals surface area contributed by atoms with E-state index in [0.29, 0.717) is 40.8 Å². The van der Waals surface area contributed by atoms with Crippen LogP contribution >= 0.6 is 22.9 Å². The first-order valence-electron chi connectivity index (χ1n) is 8.78. The molecule has 3 heterocycles. The Morgan fingerprint density at radius 2 is 2.00 bits per heavy atom. The van der Waals surface area contributed by atoms with Gasteiger partial charge in [0.25, 0.3) is 11.8 Å². The van der Waals surface area contributed by atoms with Crippen molar-refractivity contribution < 1.29 is 19.1 Å². The molecule has 0 radical (unpaired) electrons. The fraction of sp³-hybridized carbons (Fsp3) is 0.316. The number of halogens is 1. The van der Waals surface area contributed by atoms with E-state index >= 15 is 0 Å². The number of rotatable bonds is 3. The Balaban J connectivity index is 1.47. The lowest BCUT2D eigenvalue weighted by Gasteiger charge is -2.27. The molecule has 0 bridgehead atoms. The standard InChI is InChI=1S/C19H18ClN3O4S/c1-22-9-15(24)21-18-17(19(22)26)13-6-7-23(8-14(13)28-18)16(25)10-27-12-4-2-11(20)3-5-12/h2-5H,6-10H2,1H3,(H,21,24). The fourth-order valence-corrected chi connectivity index (χ4v) is 4.74. The molecule has 0 spiro atoms. The summed E-state index contributed by atoms with van der Waals surface area (Å²) in [4.78, 5) is 41.2. The van der Waals surface area contributed by atoms with E-state index in [4.69, 9.17) is 16.3 Å². The summed E-state index contributed by atoms with van der Waals surface area (Å²) in [5, 5.41) is 4.00. The highest BCUT2D eigenvalue weighted by Gasteiger charge is 2.33. The second kappa shape index (κ2) is 7.44. The third-order valence-corrected chi connectivity index (χ3v) is 6.16. The van der Waals surface area contributed by atoms with Crippen molar-refractivity contribution in [2.75, 3.05) is 32.1 Å². The first-order chi connectivity index (χ1) is 13.4. The first kappa shape index (κ1) is 18.8. The summed E-state index contributed by atoms with van der Waals surface area (Å²) in [6.45, 7) is 0.884. The van der Waals surface area contributed by atoms with Crippen molar-refractivity contribution in [3.63, 3.8) is 0 Å². The molecule has 2 aliphatic heterocycles. The van der Waals surface area contributed by atoms with Crippen molar-refractivity contribution >= 4 is 45.7 Å². The molecule has 0 atom stereocenters. The zero-order chi connectivity index (χ0) is 19.8. The van der Waals surface area contributed by atoms with Gasteiger partial charge >= 0.3 is 0 Å². The maximum absolute atomic E-state index is 12.6. The van der Waals surface area contributed by atoms with Crippen LogP contribution < -0.4 is 10.1 Å². The quantitative estimate of drug-likeness (QED) is 0.828. The lowest BCUT2D eigenvalue weighted by Crippen LogP contribution is -2.39. The molecule has 0 saturated carbocycles. The monoisotopic (exact) mass is 419 g/mol. The molecule has 0 unspecified atom stereocenters. The predicted molar refractivity (Wildman–Crippen MR) is 106 cm³/mol. The summed E-state index contributed by atoms with van der Waals surface area (Å²) in [5.74, 6) is 0.0838. The van der Waals surface area contributed by atoms with E-state index < -0.39 is 0 Å². The molecule has 0 aliphatic carbocycles. The van der Waals surface area contributed by atoms with Gasteiger partial charge in [0.1, 0.15) is 10.8 Å². The lowest BCUT2D eigenvalue weighted by molar-refractivity contribution is -0.134. The molecule has 9 heteroatoms. The summed E-state index contributed by atoms with van der Waals surface area (Å²) in [6, 6.07) is 6.83. The van der Waals surface area contributed by atoms with E-state index in [1.165, 1.54) is 16.2 Å². The molecule has 1 aromatic carbocycles. The average Bonchev–Trinajstić information content (AvgIpc) is 2.98. The summed E-state index contributed by atoms with van der Waals surface area (Å²) >= 11 is 7.21. The number of amides is 3. The highest BCUT2D eigenvalue weighted by molar-refractivity contribution is 7.17. The third-order valence-electron chi connectivity index (χ3n) is 4.78. The number of thiophene rings is 1. The highest BCUT2D eigenvalue weighted by atomic mass is 35.5. The first-order valence-corrected chi connectivity index (χ1v) is 9.98.